The fraction of sp³-hybridized carbons (Fsp3) is 0.125. The smallest absolute Gasteiger partial charge is 0.411 e. The SMILES string of the molecule is COC(=O)Nc1cc(O)c(Cl)cc1Cl. The molecule has 1 rings (SSSR count). The van der Waals surface area contributed by atoms with E-state index in [2.05, 4.69) is 10.1 Å². The lowest BCUT2D eigenvalue weighted by molar-refractivity contribution is 0.187. The van der Waals surface area contributed by atoms with E-state index < -0.39 is 6.09 Å². The van der Waals surface area contributed by atoms with Gasteiger partial charge in [0.1, 0.15) is 5.75 Å². The third-order valence-electron chi connectivity index (χ3n) is 1.46. The predicted octanol–water partition coefficient (Wildman–Crippen LogP) is 2.88. The predicted molar refractivity (Wildman–Crippen MR) is 54.2 cm³/mol. The maximum absolute atomic E-state index is 10.8. The van der Waals surface area contributed by atoms with Gasteiger partial charge in [-0.1, -0.05) is 23.2 Å². The number of hydrogen-bond acceptors (Lipinski definition) is 3. The van der Waals surface area contributed by atoms with Crippen molar-refractivity contribution in [3.63, 3.8) is 0 Å². The summed E-state index contributed by atoms with van der Waals surface area (Å²) in [5.41, 5.74) is 0.236. The zero-order valence-electron chi connectivity index (χ0n) is 7.17. The Hall–Kier alpha value is -1.13. The first kappa shape index (κ1) is 10.9. The van der Waals surface area contributed by atoms with Gasteiger partial charge in [0.05, 0.1) is 22.8 Å². The minimum Gasteiger partial charge on any atom is -0.506 e. The van der Waals surface area contributed by atoms with Gasteiger partial charge in [0.2, 0.25) is 0 Å². The molecule has 0 aliphatic carbocycles. The number of ether oxygens (including phenoxy) is 1. The summed E-state index contributed by atoms with van der Waals surface area (Å²) in [6.07, 6.45) is -0.673. The number of nitrogens with one attached hydrogen (secondary N) is 1. The number of phenolic OH excluding ortho intramolecular Hbond substituents is 1. The molecule has 0 bridgehead atoms. The van der Waals surface area contributed by atoms with Gasteiger partial charge in [-0.25, -0.2) is 4.79 Å². The summed E-state index contributed by atoms with van der Waals surface area (Å²) in [6.45, 7) is 0. The first-order valence-electron chi connectivity index (χ1n) is 3.57. The molecule has 4 nitrogen and oxygen atoms in total. The van der Waals surface area contributed by atoms with Gasteiger partial charge in [-0.2, -0.15) is 0 Å². The Morgan fingerprint density at radius 3 is 2.64 bits per heavy atom. The molecule has 0 saturated carbocycles. The van der Waals surface area contributed by atoms with E-state index in [9.17, 15) is 9.90 Å². The largest absolute Gasteiger partial charge is 0.506 e. The lowest BCUT2D eigenvalue weighted by Gasteiger charge is -2.07. The highest BCUT2D eigenvalue weighted by Gasteiger charge is 2.09. The molecule has 0 radical (unpaired) electrons. The van der Waals surface area contributed by atoms with Gasteiger partial charge < -0.3 is 9.84 Å². The molecular formula is C8H7Cl2NO3. The second-order valence-electron chi connectivity index (χ2n) is 2.40. The van der Waals surface area contributed by atoms with E-state index in [-0.39, 0.29) is 21.5 Å². The van der Waals surface area contributed by atoms with Crippen LogP contribution in [0.15, 0.2) is 12.1 Å². The molecule has 0 aromatic heterocycles. The minimum atomic E-state index is -0.673. The zero-order chi connectivity index (χ0) is 10.7. The summed E-state index contributed by atoms with van der Waals surface area (Å²) in [7, 11) is 1.22. The summed E-state index contributed by atoms with van der Waals surface area (Å²) in [5, 5.41) is 11.9. The van der Waals surface area contributed by atoms with Crippen molar-refractivity contribution in [1.82, 2.24) is 0 Å². The number of carbonyl (C=O) groups is 1. The first-order valence-corrected chi connectivity index (χ1v) is 4.33. The van der Waals surface area contributed by atoms with E-state index in [1.807, 2.05) is 0 Å². The number of hydrogen-bond donors (Lipinski definition) is 2. The highest BCUT2D eigenvalue weighted by molar-refractivity contribution is 6.37. The summed E-state index contributed by atoms with van der Waals surface area (Å²) in [5.74, 6) is -0.164. The molecule has 1 amide bonds. The molecule has 0 atom stereocenters. The summed E-state index contributed by atoms with van der Waals surface area (Å²) in [4.78, 5) is 10.8. The number of anilines is 1. The normalized spacial score (nSPS) is 9.64. The fourth-order valence-corrected chi connectivity index (χ4v) is 1.22. The maximum atomic E-state index is 10.8. The van der Waals surface area contributed by atoms with Crippen LogP contribution in [0.4, 0.5) is 10.5 Å². The monoisotopic (exact) mass is 235 g/mol. The number of methoxy groups -OCH3 is 1. The van der Waals surface area contributed by atoms with Crippen LogP contribution in [0, 0.1) is 0 Å². The number of halogens is 2. The van der Waals surface area contributed by atoms with Crippen molar-refractivity contribution in [2.75, 3.05) is 12.4 Å². The van der Waals surface area contributed by atoms with Crippen LogP contribution < -0.4 is 5.32 Å². The quantitative estimate of drug-likeness (QED) is 0.788. The number of aromatic hydroxyl groups is 1. The highest BCUT2D eigenvalue weighted by Crippen LogP contribution is 2.33. The second kappa shape index (κ2) is 4.39. The van der Waals surface area contributed by atoms with Crippen molar-refractivity contribution >= 4 is 35.0 Å². The van der Waals surface area contributed by atoms with Crippen LogP contribution in [0.5, 0.6) is 5.75 Å². The molecular weight excluding hydrogens is 229 g/mol. The summed E-state index contributed by atoms with van der Waals surface area (Å²) >= 11 is 11.3. The summed E-state index contributed by atoms with van der Waals surface area (Å²) in [6, 6.07) is 2.56. The van der Waals surface area contributed by atoms with Gasteiger partial charge in [-0.3, -0.25) is 5.32 Å². The van der Waals surface area contributed by atoms with E-state index >= 15 is 0 Å². The van der Waals surface area contributed by atoms with Crippen LogP contribution in [0.2, 0.25) is 10.0 Å². The lowest BCUT2D eigenvalue weighted by atomic mass is 10.3. The number of carbonyl (C=O) groups excluding carboxylic acids is 1. The molecule has 6 heteroatoms. The van der Waals surface area contributed by atoms with E-state index in [1.165, 1.54) is 19.2 Å². The van der Waals surface area contributed by atoms with E-state index in [0.717, 1.165) is 0 Å². The average molecular weight is 236 g/mol. The van der Waals surface area contributed by atoms with E-state index in [1.54, 1.807) is 0 Å². The Bertz CT molecular complexity index is 368. The Morgan fingerprint density at radius 1 is 1.43 bits per heavy atom. The second-order valence-corrected chi connectivity index (χ2v) is 3.21. The van der Waals surface area contributed by atoms with Crippen LogP contribution in [-0.2, 0) is 4.74 Å². The molecule has 0 fully saturated rings. The van der Waals surface area contributed by atoms with E-state index in [0.29, 0.717) is 0 Å². The molecule has 76 valence electrons. The topological polar surface area (TPSA) is 58.6 Å². The minimum absolute atomic E-state index is 0.116. The van der Waals surface area contributed by atoms with Crippen molar-refractivity contribution in [1.29, 1.82) is 0 Å². The van der Waals surface area contributed by atoms with E-state index in [4.69, 9.17) is 23.2 Å². The maximum Gasteiger partial charge on any atom is 0.411 e. The van der Waals surface area contributed by atoms with Gasteiger partial charge >= 0.3 is 6.09 Å². The van der Waals surface area contributed by atoms with Gasteiger partial charge in [-0.15, -0.1) is 0 Å². The van der Waals surface area contributed by atoms with Gasteiger partial charge in [0, 0.05) is 6.07 Å². The molecule has 0 aliphatic heterocycles. The molecule has 0 aliphatic rings. The van der Waals surface area contributed by atoms with Crippen molar-refractivity contribution < 1.29 is 14.6 Å². The molecule has 1 aromatic rings. The Morgan fingerprint density at radius 2 is 2.07 bits per heavy atom. The fourth-order valence-electron chi connectivity index (χ4n) is 0.794. The Labute approximate surface area is 90.4 Å². The number of phenols is 1. The van der Waals surface area contributed by atoms with Gasteiger partial charge in [-0.05, 0) is 6.07 Å². The van der Waals surface area contributed by atoms with Crippen LogP contribution in [-0.4, -0.2) is 18.3 Å². The zero-order valence-corrected chi connectivity index (χ0v) is 8.69. The van der Waals surface area contributed by atoms with Gasteiger partial charge in [0.15, 0.2) is 0 Å². The average Bonchev–Trinajstić information content (AvgIpc) is 2.14. The van der Waals surface area contributed by atoms with Crippen molar-refractivity contribution in [2.24, 2.45) is 0 Å². The van der Waals surface area contributed by atoms with Gasteiger partial charge in [0.25, 0.3) is 0 Å². The molecule has 2 N–H and O–H groups in total. The van der Waals surface area contributed by atoms with Crippen molar-refractivity contribution in [3.8, 4) is 5.75 Å². The standard InChI is InChI=1S/C8H7Cl2NO3/c1-14-8(13)11-6-3-7(12)5(10)2-4(6)9/h2-3,12H,1H3,(H,11,13). The molecule has 0 saturated heterocycles. The summed E-state index contributed by atoms with van der Waals surface area (Å²) < 4.78 is 4.36. The molecule has 1 aromatic carbocycles. The molecule has 0 heterocycles. The Balaban J connectivity index is 2.98. The van der Waals surface area contributed by atoms with Crippen LogP contribution >= 0.6 is 23.2 Å². The third-order valence-corrected chi connectivity index (χ3v) is 2.07. The van der Waals surface area contributed by atoms with Crippen LogP contribution in [0.3, 0.4) is 0 Å². The number of rotatable bonds is 1. The third kappa shape index (κ3) is 2.43. The van der Waals surface area contributed by atoms with Crippen molar-refractivity contribution in [3.05, 3.63) is 22.2 Å². The molecule has 14 heavy (non-hydrogen) atoms. The van der Waals surface area contributed by atoms with Crippen LogP contribution in [0.1, 0.15) is 0 Å². The molecule has 0 spiro atoms. The molecule has 0 unspecified atom stereocenters. The van der Waals surface area contributed by atoms with Crippen LogP contribution in [0.25, 0.3) is 0 Å². The first-order chi connectivity index (χ1) is 6.54. The van der Waals surface area contributed by atoms with Crippen molar-refractivity contribution in [2.45, 2.75) is 0 Å². The Kier molecular flexibility index (Phi) is 3.43. The highest BCUT2D eigenvalue weighted by atomic mass is 35.5. The lowest BCUT2D eigenvalue weighted by Crippen LogP contribution is -2.11. The number of benzene rings is 1. The number of amides is 1.